The van der Waals surface area contributed by atoms with Crippen molar-refractivity contribution in [1.82, 2.24) is 4.72 Å². The molecule has 0 saturated heterocycles. The molecule has 1 aliphatic rings. The van der Waals surface area contributed by atoms with Crippen molar-refractivity contribution in [2.24, 2.45) is 0 Å². The highest BCUT2D eigenvalue weighted by Gasteiger charge is 2.21. The Bertz CT molecular complexity index is 872. The van der Waals surface area contributed by atoms with Crippen molar-refractivity contribution < 1.29 is 27.0 Å². The van der Waals surface area contributed by atoms with Crippen LogP contribution in [0.3, 0.4) is 0 Å². The molecule has 0 amide bonds. The molecule has 140 valence electrons. The minimum absolute atomic E-state index is 0.0310. The molecule has 0 radical (unpaired) electrons. The van der Waals surface area contributed by atoms with E-state index in [2.05, 4.69) is 4.72 Å². The minimum atomic E-state index is -3.79. The summed E-state index contributed by atoms with van der Waals surface area (Å²) in [5, 5.41) is 0. The topological polar surface area (TPSA) is 73.9 Å². The van der Waals surface area contributed by atoms with Gasteiger partial charge in [0.15, 0.2) is 11.5 Å². The molecule has 1 heterocycles. The summed E-state index contributed by atoms with van der Waals surface area (Å²) in [6.07, 6.45) is 0.124. The number of halogens is 1. The average molecular weight is 381 g/mol. The Hall–Kier alpha value is -2.16. The number of benzene rings is 2. The predicted molar refractivity (Wildman–Crippen MR) is 93.4 cm³/mol. The first kappa shape index (κ1) is 18.6. The number of rotatable bonds is 6. The SMILES string of the molecule is COC(CNS(=O)(=O)c1ccc2c(c1)OCCCO2)c1cccc(F)c1. The van der Waals surface area contributed by atoms with Crippen molar-refractivity contribution in [3.05, 3.63) is 53.8 Å². The van der Waals surface area contributed by atoms with E-state index in [-0.39, 0.29) is 11.4 Å². The van der Waals surface area contributed by atoms with Crippen LogP contribution in [0.2, 0.25) is 0 Å². The van der Waals surface area contributed by atoms with Gasteiger partial charge in [-0.25, -0.2) is 17.5 Å². The number of hydrogen-bond acceptors (Lipinski definition) is 5. The van der Waals surface area contributed by atoms with Gasteiger partial charge >= 0.3 is 0 Å². The van der Waals surface area contributed by atoms with E-state index in [0.717, 1.165) is 6.42 Å². The molecule has 1 atom stereocenters. The van der Waals surface area contributed by atoms with E-state index in [9.17, 15) is 12.8 Å². The van der Waals surface area contributed by atoms with Gasteiger partial charge in [0.25, 0.3) is 0 Å². The van der Waals surface area contributed by atoms with Gasteiger partial charge < -0.3 is 14.2 Å². The molecule has 2 aromatic carbocycles. The molecule has 0 spiro atoms. The molecule has 26 heavy (non-hydrogen) atoms. The zero-order chi connectivity index (χ0) is 18.6. The fourth-order valence-electron chi connectivity index (χ4n) is 2.62. The summed E-state index contributed by atoms with van der Waals surface area (Å²) in [6, 6.07) is 10.3. The second kappa shape index (κ2) is 8.03. The van der Waals surface area contributed by atoms with Gasteiger partial charge in [0.2, 0.25) is 10.0 Å². The maximum atomic E-state index is 13.4. The second-order valence-corrected chi connectivity index (χ2v) is 7.56. The lowest BCUT2D eigenvalue weighted by Crippen LogP contribution is -2.29. The Labute approximate surface area is 151 Å². The van der Waals surface area contributed by atoms with Crippen molar-refractivity contribution in [2.45, 2.75) is 17.4 Å². The van der Waals surface area contributed by atoms with Crippen LogP contribution in [0.15, 0.2) is 47.4 Å². The van der Waals surface area contributed by atoms with Crippen LogP contribution in [-0.2, 0) is 14.8 Å². The molecule has 0 aromatic heterocycles. The van der Waals surface area contributed by atoms with Gasteiger partial charge in [-0.2, -0.15) is 0 Å². The van der Waals surface area contributed by atoms with Crippen molar-refractivity contribution in [3.63, 3.8) is 0 Å². The third-order valence-electron chi connectivity index (χ3n) is 3.99. The summed E-state index contributed by atoms with van der Waals surface area (Å²) in [4.78, 5) is 0.0656. The fourth-order valence-corrected chi connectivity index (χ4v) is 3.67. The zero-order valence-electron chi connectivity index (χ0n) is 14.3. The van der Waals surface area contributed by atoms with Gasteiger partial charge in [-0.1, -0.05) is 12.1 Å². The van der Waals surface area contributed by atoms with Crippen LogP contribution in [0.1, 0.15) is 18.1 Å². The van der Waals surface area contributed by atoms with Gasteiger partial charge in [0, 0.05) is 26.1 Å². The van der Waals surface area contributed by atoms with Crippen LogP contribution in [0.25, 0.3) is 0 Å². The number of nitrogens with one attached hydrogen (secondary N) is 1. The number of sulfonamides is 1. The van der Waals surface area contributed by atoms with Crippen LogP contribution in [0.5, 0.6) is 11.5 Å². The highest BCUT2D eigenvalue weighted by atomic mass is 32.2. The van der Waals surface area contributed by atoms with Gasteiger partial charge in [-0.05, 0) is 29.8 Å². The fraction of sp³-hybridized carbons (Fsp3) is 0.333. The zero-order valence-corrected chi connectivity index (χ0v) is 15.1. The standard InChI is InChI=1S/C18H20FNO5S/c1-23-18(13-4-2-5-14(19)10-13)12-20-26(21,22)15-6-7-16-17(11-15)25-9-3-8-24-16/h2,4-7,10-11,18,20H,3,8-9,12H2,1H3. The Morgan fingerprint density at radius 3 is 2.65 bits per heavy atom. The lowest BCUT2D eigenvalue weighted by molar-refractivity contribution is 0.107. The van der Waals surface area contributed by atoms with Crippen LogP contribution in [0.4, 0.5) is 4.39 Å². The highest BCUT2D eigenvalue weighted by Crippen LogP contribution is 2.32. The molecule has 6 nitrogen and oxygen atoms in total. The Balaban J connectivity index is 1.75. The van der Waals surface area contributed by atoms with E-state index < -0.39 is 21.9 Å². The smallest absolute Gasteiger partial charge is 0.240 e. The first-order valence-corrected chi connectivity index (χ1v) is 9.65. The van der Waals surface area contributed by atoms with Crippen LogP contribution >= 0.6 is 0 Å². The molecular formula is C18H20FNO5S. The average Bonchev–Trinajstić information content (AvgIpc) is 2.87. The molecule has 0 aliphatic carbocycles. The highest BCUT2D eigenvalue weighted by molar-refractivity contribution is 7.89. The second-order valence-electron chi connectivity index (χ2n) is 5.79. The third-order valence-corrected chi connectivity index (χ3v) is 5.41. The van der Waals surface area contributed by atoms with Gasteiger partial charge in [0.05, 0.1) is 24.2 Å². The van der Waals surface area contributed by atoms with E-state index in [1.54, 1.807) is 18.2 Å². The molecule has 8 heteroatoms. The third kappa shape index (κ3) is 4.32. The Morgan fingerprint density at radius 1 is 1.15 bits per heavy atom. The van der Waals surface area contributed by atoms with E-state index in [1.165, 1.54) is 31.4 Å². The molecule has 1 unspecified atom stereocenters. The number of ether oxygens (including phenoxy) is 3. The minimum Gasteiger partial charge on any atom is -0.490 e. The van der Waals surface area contributed by atoms with E-state index in [0.29, 0.717) is 30.3 Å². The Morgan fingerprint density at radius 2 is 1.92 bits per heavy atom. The van der Waals surface area contributed by atoms with E-state index in [4.69, 9.17) is 14.2 Å². The molecular weight excluding hydrogens is 361 g/mol. The Kier molecular flexibility index (Phi) is 5.75. The van der Waals surface area contributed by atoms with Crippen LogP contribution < -0.4 is 14.2 Å². The van der Waals surface area contributed by atoms with Crippen molar-refractivity contribution in [3.8, 4) is 11.5 Å². The summed E-state index contributed by atoms with van der Waals surface area (Å²) < 4.78 is 57.4. The predicted octanol–water partition coefficient (Wildman–Crippen LogP) is 2.65. The van der Waals surface area contributed by atoms with Gasteiger partial charge in [-0.15, -0.1) is 0 Å². The number of methoxy groups -OCH3 is 1. The molecule has 1 aliphatic heterocycles. The summed E-state index contributed by atoms with van der Waals surface area (Å²) >= 11 is 0. The van der Waals surface area contributed by atoms with Crippen molar-refractivity contribution >= 4 is 10.0 Å². The molecule has 2 aromatic rings. The van der Waals surface area contributed by atoms with Crippen LogP contribution in [-0.4, -0.2) is 35.3 Å². The largest absolute Gasteiger partial charge is 0.490 e. The van der Waals surface area contributed by atoms with E-state index >= 15 is 0 Å². The number of fused-ring (bicyclic) bond motifs is 1. The molecule has 0 fully saturated rings. The first-order chi connectivity index (χ1) is 12.5. The van der Waals surface area contributed by atoms with Crippen LogP contribution in [0, 0.1) is 5.82 Å². The molecule has 3 rings (SSSR count). The summed E-state index contributed by atoms with van der Waals surface area (Å²) in [6.45, 7) is 0.965. The monoisotopic (exact) mass is 381 g/mol. The van der Waals surface area contributed by atoms with Crippen molar-refractivity contribution in [1.29, 1.82) is 0 Å². The summed E-state index contributed by atoms with van der Waals surface area (Å²) in [5.41, 5.74) is 0.550. The lowest BCUT2D eigenvalue weighted by Gasteiger charge is -2.17. The van der Waals surface area contributed by atoms with Gasteiger partial charge in [-0.3, -0.25) is 0 Å². The summed E-state index contributed by atoms with van der Waals surface area (Å²) in [7, 11) is -2.35. The molecule has 0 saturated carbocycles. The maximum Gasteiger partial charge on any atom is 0.240 e. The first-order valence-electron chi connectivity index (χ1n) is 8.17. The quantitative estimate of drug-likeness (QED) is 0.833. The van der Waals surface area contributed by atoms with Gasteiger partial charge in [0.1, 0.15) is 5.82 Å². The molecule has 0 bridgehead atoms. The maximum absolute atomic E-state index is 13.4. The van der Waals surface area contributed by atoms with Crippen molar-refractivity contribution in [2.75, 3.05) is 26.9 Å². The lowest BCUT2D eigenvalue weighted by atomic mass is 10.1. The van der Waals surface area contributed by atoms with E-state index in [1.807, 2.05) is 0 Å². The number of hydrogen-bond donors (Lipinski definition) is 1. The summed E-state index contributed by atoms with van der Waals surface area (Å²) in [5.74, 6) is 0.519. The normalized spacial score (nSPS) is 15.3. The molecule has 1 N–H and O–H groups in total.